The van der Waals surface area contributed by atoms with E-state index in [0.717, 1.165) is 42.9 Å². The first-order chi connectivity index (χ1) is 10.2. The van der Waals surface area contributed by atoms with Crippen LogP contribution in [0.1, 0.15) is 48.0 Å². The number of anilines is 1. The van der Waals surface area contributed by atoms with E-state index in [-0.39, 0.29) is 6.61 Å². The highest BCUT2D eigenvalue weighted by Gasteiger charge is 2.26. The van der Waals surface area contributed by atoms with Crippen molar-refractivity contribution in [3.8, 4) is 0 Å². The predicted molar refractivity (Wildman–Crippen MR) is 87.9 cm³/mol. The number of aryl methyl sites for hydroxylation is 1. The first-order valence-electron chi connectivity index (χ1n) is 7.66. The van der Waals surface area contributed by atoms with Crippen molar-refractivity contribution < 1.29 is 5.11 Å². The number of rotatable bonds is 4. The molecule has 0 saturated heterocycles. The summed E-state index contributed by atoms with van der Waals surface area (Å²) in [6.45, 7) is 5.49. The monoisotopic (exact) mass is 302 g/mol. The summed E-state index contributed by atoms with van der Waals surface area (Å²) in [6.07, 6.45) is 3.13. The van der Waals surface area contributed by atoms with Crippen LogP contribution in [0, 0.1) is 0 Å². The molecular weight excluding hydrogens is 280 g/mol. The Morgan fingerprint density at radius 2 is 2.29 bits per heavy atom. The van der Waals surface area contributed by atoms with Crippen molar-refractivity contribution in [2.24, 2.45) is 0 Å². The van der Waals surface area contributed by atoms with Gasteiger partial charge in [-0.15, -0.1) is 11.3 Å². The van der Waals surface area contributed by atoms with E-state index in [1.807, 2.05) is 23.5 Å². The van der Waals surface area contributed by atoms with Crippen molar-refractivity contribution in [2.75, 3.05) is 11.4 Å². The molecule has 4 heteroatoms. The molecule has 0 aliphatic carbocycles. The van der Waals surface area contributed by atoms with E-state index in [2.05, 4.69) is 30.2 Å². The van der Waals surface area contributed by atoms with E-state index in [1.165, 1.54) is 10.4 Å². The molecule has 3 heterocycles. The minimum Gasteiger partial charge on any atom is -0.392 e. The average Bonchev–Trinajstić information content (AvgIpc) is 2.97. The number of thiophene rings is 1. The lowest BCUT2D eigenvalue weighted by Crippen LogP contribution is -2.34. The van der Waals surface area contributed by atoms with Crippen LogP contribution in [-0.4, -0.2) is 16.6 Å². The van der Waals surface area contributed by atoms with Crippen molar-refractivity contribution >= 4 is 17.2 Å². The molecule has 1 aliphatic rings. The van der Waals surface area contributed by atoms with E-state index in [1.54, 1.807) is 0 Å². The van der Waals surface area contributed by atoms with Crippen molar-refractivity contribution in [2.45, 2.75) is 45.8 Å². The number of aliphatic hydroxyl groups excluding tert-OH is 1. The Hall–Kier alpha value is -1.39. The van der Waals surface area contributed by atoms with Gasteiger partial charge < -0.3 is 10.0 Å². The highest BCUT2D eigenvalue weighted by Crippen LogP contribution is 2.35. The summed E-state index contributed by atoms with van der Waals surface area (Å²) in [5, 5.41) is 11.7. The molecule has 3 rings (SSSR count). The molecule has 0 bridgehead atoms. The third kappa shape index (κ3) is 2.83. The highest BCUT2D eigenvalue weighted by molar-refractivity contribution is 7.10. The van der Waals surface area contributed by atoms with Gasteiger partial charge in [0.1, 0.15) is 5.82 Å². The molecule has 0 spiro atoms. The molecule has 2 aromatic rings. The molecule has 0 saturated carbocycles. The van der Waals surface area contributed by atoms with Crippen LogP contribution in [0.2, 0.25) is 0 Å². The fourth-order valence-electron chi connectivity index (χ4n) is 3.08. The lowest BCUT2D eigenvalue weighted by molar-refractivity contribution is 0.281. The van der Waals surface area contributed by atoms with Crippen LogP contribution in [0.3, 0.4) is 0 Å². The molecule has 0 radical (unpaired) electrons. The number of aliphatic hydroxyl groups is 1. The van der Waals surface area contributed by atoms with Crippen molar-refractivity contribution in [3.05, 3.63) is 45.3 Å². The molecule has 1 N–H and O–H groups in total. The van der Waals surface area contributed by atoms with E-state index < -0.39 is 0 Å². The molecule has 112 valence electrons. The topological polar surface area (TPSA) is 36.4 Å². The average molecular weight is 302 g/mol. The standard InChI is InChI=1S/C17H22N2OS/c1-3-4-14-9-13(11-20)10-17(18-14)19-7-5-16-15(12(19)2)6-8-21-16/h6,8-10,12,20H,3-5,7,11H2,1-2H3. The lowest BCUT2D eigenvalue weighted by atomic mass is 10.0. The largest absolute Gasteiger partial charge is 0.392 e. The van der Waals surface area contributed by atoms with Crippen LogP contribution >= 0.6 is 11.3 Å². The Morgan fingerprint density at radius 1 is 1.43 bits per heavy atom. The van der Waals surface area contributed by atoms with Crippen molar-refractivity contribution in [1.82, 2.24) is 4.98 Å². The van der Waals surface area contributed by atoms with Gasteiger partial charge in [-0.25, -0.2) is 4.98 Å². The molecule has 2 aromatic heterocycles. The molecular formula is C17H22N2OS. The van der Waals surface area contributed by atoms with Crippen LogP contribution in [0.5, 0.6) is 0 Å². The molecule has 1 atom stereocenters. The second kappa shape index (κ2) is 6.16. The van der Waals surface area contributed by atoms with Crippen LogP contribution in [0.15, 0.2) is 23.6 Å². The maximum atomic E-state index is 9.50. The van der Waals surface area contributed by atoms with E-state index in [4.69, 9.17) is 4.98 Å². The molecule has 21 heavy (non-hydrogen) atoms. The van der Waals surface area contributed by atoms with Crippen LogP contribution in [0.25, 0.3) is 0 Å². The first kappa shape index (κ1) is 14.5. The number of pyridine rings is 1. The Bertz CT molecular complexity index is 623. The summed E-state index contributed by atoms with van der Waals surface area (Å²) in [5.74, 6) is 1.01. The van der Waals surface area contributed by atoms with Crippen LogP contribution in [0.4, 0.5) is 5.82 Å². The summed E-state index contributed by atoms with van der Waals surface area (Å²) in [6, 6.07) is 6.65. The molecule has 0 aromatic carbocycles. The zero-order valence-electron chi connectivity index (χ0n) is 12.7. The van der Waals surface area contributed by atoms with Crippen molar-refractivity contribution in [1.29, 1.82) is 0 Å². The fraction of sp³-hybridized carbons (Fsp3) is 0.471. The van der Waals surface area contributed by atoms with Gasteiger partial charge in [0, 0.05) is 17.1 Å². The molecule has 3 nitrogen and oxygen atoms in total. The number of hydrogen-bond donors (Lipinski definition) is 1. The van der Waals surface area contributed by atoms with E-state index in [9.17, 15) is 5.11 Å². The van der Waals surface area contributed by atoms with Gasteiger partial charge in [0.05, 0.1) is 12.6 Å². The Kier molecular flexibility index (Phi) is 4.27. The SMILES string of the molecule is CCCc1cc(CO)cc(N2CCc3sccc3C2C)n1. The summed E-state index contributed by atoms with van der Waals surface area (Å²) >= 11 is 1.86. The zero-order valence-corrected chi connectivity index (χ0v) is 13.5. The number of nitrogens with zero attached hydrogens (tertiary/aromatic N) is 2. The molecule has 1 aliphatic heterocycles. The van der Waals surface area contributed by atoms with Crippen LogP contribution < -0.4 is 4.90 Å². The Morgan fingerprint density at radius 3 is 3.05 bits per heavy atom. The van der Waals surface area contributed by atoms with Gasteiger partial charge in [0.25, 0.3) is 0 Å². The second-order valence-corrected chi connectivity index (χ2v) is 6.65. The van der Waals surface area contributed by atoms with Gasteiger partial charge in [0.15, 0.2) is 0 Å². The highest BCUT2D eigenvalue weighted by atomic mass is 32.1. The Labute approximate surface area is 130 Å². The Balaban J connectivity index is 1.95. The lowest BCUT2D eigenvalue weighted by Gasteiger charge is -2.35. The van der Waals surface area contributed by atoms with Gasteiger partial charge in [-0.3, -0.25) is 0 Å². The van der Waals surface area contributed by atoms with Crippen molar-refractivity contribution in [3.63, 3.8) is 0 Å². The normalized spacial score (nSPS) is 17.9. The van der Waals surface area contributed by atoms with Gasteiger partial charge in [-0.2, -0.15) is 0 Å². The van der Waals surface area contributed by atoms with Crippen LogP contribution in [-0.2, 0) is 19.4 Å². The third-order valence-electron chi connectivity index (χ3n) is 4.18. The maximum Gasteiger partial charge on any atom is 0.129 e. The summed E-state index contributed by atoms with van der Waals surface area (Å²) in [4.78, 5) is 8.69. The predicted octanol–water partition coefficient (Wildman–Crippen LogP) is 3.71. The summed E-state index contributed by atoms with van der Waals surface area (Å²) < 4.78 is 0. The number of aromatic nitrogens is 1. The smallest absolute Gasteiger partial charge is 0.129 e. The van der Waals surface area contributed by atoms with E-state index in [0.29, 0.717) is 6.04 Å². The minimum atomic E-state index is 0.0815. The van der Waals surface area contributed by atoms with Gasteiger partial charge >= 0.3 is 0 Å². The molecule has 0 amide bonds. The number of hydrogen-bond acceptors (Lipinski definition) is 4. The molecule has 1 unspecified atom stereocenters. The third-order valence-corrected chi connectivity index (χ3v) is 5.18. The van der Waals surface area contributed by atoms with E-state index >= 15 is 0 Å². The first-order valence-corrected chi connectivity index (χ1v) is 8.54. The summed E-state index contributed by atoms with van der Waals surface area (Å²) in [7, 11) is 0. The summed E-state index contributed by atoms with van der Waals surface area (Å²) in [5.41, 5.74) is 3.48. The minimum absolute atomic E-state index is 0.0815. The maximum absolute atomic E-state index is 9.50. The van der Waals surface area contributed by atoms with Gasteiger partial charge in [-0.1, -0.05) is 13.3 Å². The van der Waals surface area contributed by atoms with Gasteiger partial charge in [-0.05, 0) is 54.5 Å². The van der Waals surface area contributed by atoms with Gasteiger partial charge in [0.2, 0.25) is 0 Å². The molecule has 0 fully saturated rings. The quantitative estimate of drug-likeness (QED) is 0.935. The number of fused-ring (bicyclic) bond motifs is 1. The zero-order chi connectivity index (χ0) is 14.8. The second-order valence-electron chi connectivity index (χ2n) is 5.65. The fourth-order valence-corrected chi connectivity index (χ4v) is 4.04.